The van der Waals surface area contributed by atoms with Crippen LogP contribution in [0.25, 0.3) is 0 Å². The van der Waals surface area contributed by atoms with E-state index in [9.17, 15) is 4.79 Å². The van der Waals surface area contributed by atoms with Gasteiger partial charge in [-0.1, -0.05) is 32.6 Å². The first kappa shape index (κ1) is 20.2. The molecule has 1 N–H and O–H groups in total. The Hall–Kier alpha value is -1.55. The van der Waals surface area contributed by atoms with Gasteiger partial charge in [0.05, 0.1) is 6.10 Å². The van der Waals surface area contributed by atoms with Gasteiger partial charge in [-0.2, -0.15) is 0 Å². The summed E-state index contributed by atoms with van der Waals surface area (Å²) in [5.41, 5.74) is 1.24. The third kappa shape index (κ3) is 5.25. The van der Waals surface area contributed by atoms with Crippen LogP contribution in [0.3, 0.4) is 0 Å². The van der Waals surface area contributed by atoms with Crippen LogP contribution in [0.5, 0.6) is 5.75 Å². The SMILES string of the molecule is CCCOC1(C(=O)Nc2ccc(OC3CCCC3)c(C)c2)CCCCCC1. The second kappa shape index (κ2) is 9.59. The molecule has 1 amide bonds. The average Bonchev–Trinajstić information content (AvgIpc) is 3.05. The summed E-state index contributed by atoms with van der Waals surface area (Å²) in [6, 6.07) is 5.97. The predicted molar refractivity (Wildman–Crippen MR) is 109 cm³/mol. The van der Waals surface area contributed by atoms with Crippen LogP contribution in [0.1, 0.15) is 83.1 Å². The maximum Gasteiger partial charge on any atom is 0.256 e. The van der Waals surface area contributed by atoms with Crippen molar-refractivity contribution in [3.05, 3.63) is 23.8 Å². The largest absolute Gasteiger partial charge is 0.490 e. The maximum atomic E-state index is 13.2. The van der Waals surface area contributed by atoms with Gasteiger partial charge in [-0.25, -0.2) is 0 Å². The summed E-state index contributed by atoms with van der Waals surface area (Å²) in [6.45, 7) is 4.78. The molecule has 4 nitrogen and oxygen atoms in total. The van der Waals surface area contributed by atoms with Gasteiger partial charge in [-0.3, -0.25) is 4.79 Å². The molecule has 1 aromatic rings. The van der Waals surface area contributed by atoms with Crippen LogP contribution < -0.4 is 10.1 Å². The Morgan fingerprint density at radius 2 is 1.81 bits per heavy atom. The molecule has 2 aliphatic carbocycles. The van der Waals surface area contributed by atoms with E-state index in [1.807, 2.05) is 18.2 Å². The molecule has 0 bridgehead atoms. The number of nitrogens with one attached hydrogen (secondary N) is 1. The number of amides is 1. The van der Waals surface area contributed by atoms with E-state index in [1.54, 1.807) is 0 Å². The Balaban J connectivity index is 1.68. The second-order valence-electron chi connectivity index (χ2n) is 8.22. The van der Waals surface area contributed by atoms with E-state index in [4.69, 9.17) is 9.47 Å². The molecule has 1 aromatic carbocycles. The van der Waals surface area contributed by atoms with Gasteiger partial charge in [-0.15, -0.1) is 0 Å². The maximum absolute atomic E-state index is 13.2. The fourth-order valence-electron chi connectivity index (χ4n) is 4.32. The molecule has 0 aromatic heterocycles. The third-order valence-corrected chi connectivity index (χ3v) is 5.94. The topological polar surface area (TPSA) is 47.6 Å². The lowest BCUT2D eigenvalue weighted by Gasteiger charge is -2.31. The molecule has 0 atom stereocenters. The summed E-state index contributed by atoms with van der Waals surface area (Å²) in [5, 5.41) is 3.13. The smallest absolute Gasteiger partial charge is 0.256 e. The zero-order chi connectivity index (χ0) is 19.1. The minimum Gasteiger partial charge on any atom is -0.490 e. The second-order valence-corrected chi connectivity index (χ2v) is 8.22. The first-order valence-electron chi connectivity index (χ1n) is 10.9. The number of anilines is 1. The molecule has 0 aliphatic heterocycles. The van der Waals surface area contributed by atoms with Crippen molar-refractivity contribution in [1.29, 1.82) is 0 Å². The van der Waals surface area contributed by atoms with Crippen LogP contribution in [-0.2, 0) is 9.53 Å². The zero-order valence-corrected chi connectivity index (χ0v) is 17.0. The molecule has 2 fully saturated rings. The Kier molecular flexibility index (Phi) is 7.17. The molecule has 0 unspecified atom stereocenters. The van der Waals surface area contributed by atoms with E-state index in [0.29, 0.717) is 12.7 Å². The van der Waals surface area contributed by atoms with Crippen molar-refractivity contribution in [2.45, 2.75) is 96.2 Å². The fourth-order valence-corrected chi connectivity index (χ4v) is 4.32. The minimum absolute atomic E-state index is 0.0155. The highest BCUT2D eigenvalue weighted by atomic mass is 16.5. The Bertz CT molecular complexity index is 614. The van der Waals surface area contributed by atoms with Crippen LogP contribution in [-0.4, -0.2) is 24.2 Å². The summed E-state index contributed by atoms with van der Waals surface area (Å²) in [6.07, 6.45) is 12.2. The van der Waals surface area contributed by atoms with Crippen molar-refractivity contribution in [2.75, 3.05) is 11.9 Å². The highest BCUT2D eigenvalue weighted by molar-refractivity contribution is 5.97. The normalized spacial score (nSPS) is 20.2. The van der Waals surface area contributed by atoms with Gasteiger partial charge in [0.2, 0.25) is 0 Å². The monoisotopic (exact) mass is 373 g/mol. The molecule has 4 heteroatoms. The number of benzene rings is 1. The summed E-state index contributed by atoms with van der Waals surface area (Å²) in [7, 11) is 0. The van der Waals surface area contributed by atoms with E-state index in [1.165, 1.54) is 25.7 Å². The third-order valence-electron chi connectivity index (χ3n) is 5.94. The number of ether oxygens (including phenoxy) is 2. The lowest BCUT2D eigenvalue weighted by Crippen LogP contribution is -2.45. The average molecular weight is 374 g/mol. The molecule has 2 saturated carbocycles. The van der Waals surface area contributed by atoms with E-state index >= 15 is 0 Å². The van der Waals surface area contributed by atoms with Crippen molar-refractivity contribution >= 4 is 11.6 Å². The Labute approximate surface area is 164 Å². The van der Waals surface area contributed by atoms with Gasteiger partial charge in [0.1, 0.15) is 11.4 Å². The predicted octanol–water partition coefficient (Wildman–Crippen LogP) is 5.77. The van der Waals surface area contributed by atoms with E-state index in [2.05, 4.69) is 19.2 Å². The van der Waals surface area contributed by atoms with Gasteiger partial charge in [0.15, 0.2) is 0 Å². The van der Waals surface area contributed by atoms with Gasteiger partial charge >= 0.3 is 0 Å². The summed E-state index contributed by atoms with van der Waals surface area (Å²) >= 11 is 0. The summed E-state index contributed by atoms with van der Waals surface area (Å²) in [4.78, 5) is 13.2. The number of hydrogen-bond acceptors (Lipinski definition) is 3. The molecular weight excluding hydrogens is 338 g/mol. The first-order chi connectivity index (χ1) is 13.1. The Morgan fingerprint density at radius 1 is 1.11 bits per heavy atom. The summed E-state index contributed by atoms with van der Waals surface area (Å²) < 4.78 is 12.3. The minimum atomic E-state index is -0.667. The van der Waals surface area contributed by atoms with Crippen molar-refractivity contribution in [1.82, 2.24) is 0 Å². The van der Waals surface area contributed by atoms with Crippen molar-refractivity contribution in [2.24, 2.45) is 0 Å². The highest BCUT2D eigenvalue weighted by Gasteiger charge is 2.39. The van der Waals surface area contributed by atoms with Gasteiger partial charge in [0, 0.05) is 12.3 Å². The standard InChI is InChI=1S/C23H35NO3/c1-3-16-26-23(14-8-4-5-9-15-23)22(25)24-19-12-13-21(18(2)17-19)27-20-10-6-7-11-20/h12-13,17,20H,3-11,14-16H2,1-2H3,(H,24,25). The van der Waals surface area contributed by atoms with Crippen LogP contribution in [0.2, 0.25) is 0 Å². The van der Waals surface area contributed by atoms with Crippen LogP contribution >= 0.6 is 0 Å². The molecule has 0 saturated heterocycles. The van der Waals surface area contributed by atoms with Crippen molar-refractivity contribution in [3.63, 3.8) is 0 Å². The van der Waals surface area contributed by atoms with E-state index in [-0.39, 0.29) is 5.91 Å². The van der Waals surface area contributed by atoms with Crippen LogP contribution in [0, 0.1) is 6.92 Å². The number of hydrogen-bond donors (Lipinski definition) is 1. The van der Waals surface area contributed by atoms with Crippen molar-refractivity contribution < 1.29 is 14.3 Å². The number of carbonyl (C=O) groups is 1. The molecular formula is C23H35NO3. The Morgan fingerprint density at radius 3 is 2.44 bits per heavy atom. The molecule has 3 rings (SSSR count). The first-order valence-corrected chi connectivity index (χ1v) is 10.9. The van der Waals surface area contributed by atoms with Crippen LogP contribution in [0.15, 0.2) is 18.2 Å². The fraction of sp³-hybridized carbons (Fsp3) is 0.696. The van der Waals surface area contributed by atoms with Gasteiger partial charge in [-0.05, 0) is 75.6 Å². The lowest BCUT2D eigenvalue weighted by atomic mass is 9.92. The lowest BCUT2D eigenvalue weighted by molar-refractivity contribution is -0.143. The van der Waals surface area contributed by atoms with Crippen molar-refractivity contribution in [3.8, 4) is 5.75 Å². The number of rotatable bonds is 7. The number of aryl methyl sites for hydroxylation is 1. The molecule has 27 heavy (non-hydrogen) atoms. The van der Waals surface area contributed by atoms with Crippen LogP contribution in [0.4, 0.5) is 5.69 Å². The molecule has 0 heterocycles. The number of carbonyl (C=O) groups excluding carboxylic acids is 1. The highest BCUT2D eigenvalue weighted by Crippen LogP contribution is 2.33. The molecule has 2 aliphatic rings. The van der Waals surface area contributed by atoms with E-state index in [0.717, 1.165) is 61.9 Å². The van der Waals surface area contributed by atoms with Gasteiger partial charge in [0.25, 0.3) is 5.91 Å². The van der Waals surface area contributed by atoms with Gasteiger partial charge < -0.3 is 14.8 Å². The quantitative estimate of drug-likeness (QED) is 0.617. The molecule has 150 valence electrons. The van der Waals surface area contributed by atoms with E-state index < -0.39 is 5.60 Å². The molecule has 0 spiro atoms. The molecule has 0 radical (unpaired) electrons. The zero-order valence-electron chi connectivity index (χ0n) is 17.0. The summed E-state index contributed by atoms with van der Waals surface area (Å²) in [5.74, 6) is 0.952.